The van der Waals surface area contributed by atoms with Crippen molar-refractivity contribution in [3.05, 3.63) is 18.3 Å². The van der Waals surface area contributed by atoms with Crippen molar-refractivity contribution in [2.75, 3.05) is 18.8 Å². The topological polar surface area (TPSA) is 114 Å². The molecule has 1 aromatic rings. The van der Waals surface area contributed by atoms with Gasteiger partial charge in [0.2, 0.25) is 15.9 Å². The van der Waals surface area contributed by atoms with Gasteiger partial charge < -0.3 is 11.1 Å². The highest BCUT2D eigenvalue weighted by atomic mass is 32.2. The van der Waals surface area contributed by atoms with E-state index in [9.17, 15) is 13.2 Å². The normalized spacial score (nSPS) is 11.1. The minimum Gasteiger partial charge on any atom is -0.384 e. The van der Waals surface area contributed by atoms with Crippen LogP contribution in [-0.4, -0.2) is 32.4 Å². The summed E-state index contributed by atoms with van der Waals surface area (Å²) >= 11 is 0. The fourth-order valence-corrected chi connectivity index (χ4v) is 2.03. The first-order valence-corrected chi connectivity index (χ1v) is 6.36. The summed E-state index contributed by atoms with van der Waals surface area (Å²) in [6.45, 7) is 1.71. The SMILES string of the molecule is CC(=O)NCCNS(=O)(=O)c1ccc(N)nc1. The first-order valence-electron chi connectivity index (χ1n) is 4.87. The zero-order chi connectivity index (χ0) is 12.9. The Hall–Kier alpha value is -1.67. The zero-order valence-electron chi connectivity index (χ0n) is 9.30. The molecule has 1 amide bonds. The van der Waals surface area contributed by atoms with Crippen LogP contribution in [0.5, 0.6) is 0 Å². The number of nitrogens with two attached hydrogens (primary N) is 1. The third kappa shape index (κ3) is 4.37. The van der Waals surface area contributed by atoms with E-state index < -0.39 is 10.0 Å². The molecule has 0 atom stereocenters. The molecule has 0 saturated heterocycles. The molecule has 0 fully saturated rings. The first-order chi connectivity index (χ1) is 7.92. The molecule has 8 heteroatoms. The first kappa shape index (κ1) is 13.4. The Morgan fingerprint density at radius 1 is 1.41 bits per heavy atom. The minimum atomic E-state index is -3.59. The number of amides is 1. The molecule has 7 nitrogen and oxygen atoms in total. The molecule has 0 unspecified atom stereocenters. The van der Waals surface area contributed by atoms with Gasteiger partial charge in [0.25, 0.3) is 0 Å². The molecular weight excluding hydrogens is 244 g/mol. The Labute approximate surface area is 99.5 Å². The van der Waals surface area contributed by atoms with Crippen molar-refractivity contribution in [2.24, 2.45) is 0 Å². The number of pyridine rings is 1. The highest BCUT2D eigenvalue weighted by Gasteiger charge is 2.13. The average Bonchev–Trinajstić information content (AvgIpc) is 2.25. The Bertz CT molecular complexity index is 483. The summed E-state index contributed by atoms with van der Waals surface area (Å²) in [5, 5.41) is 2.48. The zero-order valence-corrected chi connectivity index (χ0v) is 10.1. The summed E-state index contributed by atoms with van der Waals surface area (Å²) < 4.78 is 25.7. The number of carbonyl (C=O) groups is 1. The average molecular weight is 258 g/mol. The van der Waals surface area contributed by atoms with Gasteiger partial charge >= 0.3 is 0 Å². The number of hydrogen-bond acceptors (Lipinski definition) is 5. The second-order valence-corrected chi connectivity index (χ2v) is 5.07. The van der Waals surface area contributed by atoms with Crippen molar-refractivity contribution in [1.82, 2.24) is 15.0 Å². The lowest BCUT2D eigenvalue weighted by molar-refractivity contribution is -0.118. The highest BCUT2D eigenvalue weighted by molar-refractivity contribution is 7.89. The molecule has 1 aromatic heterocycles. The van der Waals surface area contributed by atoms with Gasteiger partial charge in [-0.05, 0) is 12.1 Å². The van der Waals surface area contributed by atoms with E-state index in [1.807, 2.05) is 0 Å². The monoisotopic (exact) mass is 258 g/mol. The van der Waals surface area contributed by atoms with Crippen molar-refractivity contribution in [3.8, 4) is 0 Å². The van der Waals surface area contributed by atoms with Crippen LogP contribution in [0.25, 0.3) is 0 Å². The number of carbonyl (C=O) groups excluding carboxylic acids is 1. The molecule has 0 saturated carbocycles. The van der Waals surface area contributed by atoms with E-state index in [0.717, 1.165) is 0 Å². The highest BCUT2D eigenvalue weighted by Crippen LogP contribution is 2.07. The van der Waals surface area contributed by atoms with Crippen molar-refractivity contribution in [3.63, 3.8) is 0 Å². The molecular formula is C9H14N4O3S. The van der Waals surface area contributed by atoms with Gasteiger partial charge in [-0.15, -0.1) is 0 Å². The number of rotatable bonds is 5. The van der Waals surface area contributed by atoms with E-state index in [1.165, 1.54) is 25.3 Å². The van der Waals surface area contributed by atoms with Gasteiger partial charge in [0.15, 0.2) is 0 Å². The number of nitrogen functional groups attached to an aromatic ring is 1. The van der Waals surface area contributed by atoms with E-state index >= 15 is 0 Å². The van der Waals surface area contributed by atoms with Crippen LogP contribution in [0.3, 0.4) is 0 Å². The van der Waals surface area contributed by atoms with Gasteiger partial charge in [-0.25, -0.2) is 18.1 Å². The lowest BCUT2D eigenvalue weighted by atomic mass is 10.5. The molecule has 94 valence electrons. The van der Waals surface area contributed by atoms with E-state index in [1.54, 1.807) is 0 Å². The van der Waals surface area contributed by atoms with Gasteiger partial charge in [-0.1, -0.05) is 0 Å². The number of anilines is 1. The third-order valence-electron chi connectivity index (χ3n) is 1.86. The quantitative estimate of drug-likeness (QED) is 0.591. The molecule has 1 rings (SSSR count). The largest absolute Gasteiger partial charge is 0.384 e. The van der Waals surface area contributed by atoms with Crippen LogP contribution in [-0.2, 0) is 14.8 Å². The van der Waals surface area contributed by atoms with Gasteiger partial charge in [-0.2, -0.15) is 0 Å². The van der Waals surface area contributed by atoms with Crippen molar-refractivity contribution < 1.29 is 13.2 Å². The summed E-state index contributed by atoms with van der Waals surface area (Å²) in [5.74, 6) is 0.0422. The summed E-state index contributed by atoms with van der Waals surface area (Å²) in [6.07, 6.45) is 1.18. The molecule has 0 aliphatic heterocycles. The van der Waals surface area contributed by atoms with E-state index in [2.05, 4.69) is 15.0 Å². The molecule has 1 heterocycles. The van der Waals surface area contributed by atoms with Crippen LogP contribution in [0.2, 0.25) is 0 Å². The standard InChI is InChI=1S/C9H14N4O3S/c1-7(14)11-4-5-13-17(15,16)8-2-3-9(10)12-6-8/h2-3,6,13H,4-5H2,1H3,(H2,10,12)(H,11,14). The van der Waals surface area contributed by atoms with Crippen LogP contribution in [0.1, 0.15) is 6.92 Å². The second kappa shape index (κ2) is 5.60. The summed E-state index contributed by atoms with van der Waals surface area (Å²) in [5.41, 5.74) is 5.35. The van der Waals surface area contributed by atoms with E-state index in [4.69, 9.17) is 5.73 Å². The Morgan fingerprint density at radius 3 is 2.65 bits per heavy atom. The third-order valence-corrected chi connectivity index (χ3v) is 3.31. The van der Waals surface area contributed by atoms with Crippen LogP contribution in [0.4, 0.5) is 5.82 Å². The van der Waals surface area contributed by atoms with Gasteiger partial charge in [0, 0.05) is 26.2 Å². The maximum absolute atomic E-state index is 11.7. The van der Waals surface area contributed by atoms with Gasteiger partial charge in [0.1, 0.15) is 10.7 Å². The Morgan fingerprint density at radius 2 is 2.12 bits per heavy atom. The maximum atomic E-state index is 11.7. The van der Waals surface area contributed by atoms with Gasteiger partial charge in [-0.3, -0.25) is 4.79 Å². The van der Waals surface area contributed by atoms with E-state index in [-0.39, 0.29) is 29.7 Å². The fraction of sp³-hybridized carbons (Fsp3) is 0.333. The lowest BCUT2D eigenvalue weighted by Gasteiger charge is -2.06. The van der Waals surface area contributed by atoms with Crippen LogP contribution in [0, 0.1) is 0 Å². The van der Waals surface area contributed by atoms with Crippen LogP contribution >= 0.6 is 0 Å². The number of hydrogen-bond donors (Lipinski definition) is 3. The van der Waals surface area contributed by atoms with Crippen molar-refractivity contribution >= 4 is 21.7 Å². The summed E-state index contributed by atoms with van der Waals surface area (Å²) in [4.78, 5) is 14.3. The molecule has 0 bridgehead atoms. The number of nitrogens with zero attached hydrogens (tertiary/aromatic N) is 1. The molecule has 0 aliphatic rings. The van der Waals surface area contributed by atoms with Crippen molar-refractivity contribution in [1.29, 1.82) is 0 Å². The Kier molecular flexibility index (Phi) is 4.41. The predicted octanol–water partition coefficient (Wildman–Crippen LogP) is -0.922. The lowest BCUT2D eigenvalue weighted by Crippen LogP contribution is -2.33. The predicted molar refractivity (Wildman–Crippen MR) is 62.5 cm³/mol. The molecule has 17 heavy (non-hydrogen) atoms. The maximum Gasteiger partial charge on any atom is 0.242 e. The van der Waals surface area contributed by atoms with E-state index in [0.29, 0.717) is 0 Å². The molecule has 0 radical (unpaired) electrons. The minimum absolute atomic E-state index is 0.0366. The number of aromatic nitrogens is 1. The van der Waals surface area contributed by atoms with Crippen LogP contribution < -0.4 is 15.8 Å². The van der Waals surface area contributed by atoms with Crippen LogP contribution in [0.15, 0.2) is 23.2 Å². The molecule has 0 aliphatic carbocycles. The number of sulfonamides is 1. The molecule has 0 spiro atoms. The second-order valence-electron chi connectivity index (χ2n) is 3.30. The van der Waals surface area contributed by atoms with Gasteiger partial charge in [0.05, 0.1) is 0 Å². The Balaban J connectivity index is 2.57. The fourth-order valence-electron chi connectivity index (χ4n) is 1.06. The molecule has 0 aromatic carbocycles. The summed E-state index contributed by atoms with van der Waals surface area (Å²) in [7, 11) is -3.59. The summed E-state index contributed by atoms with van der Waals surface area (Å²) in [6, 6.07) is 2.77. The van der Waals surface area contributed by atoms with Crippen molar-refractivity contribution in [2.45, 2.75) is 11.8 Å². The smallest absolute Gasteiger partial charge is 0.242 e. The number of nitrogens with one attached hydrogen (secondary N) is 2. The molecule has 4 N–H and O–H groups in total.